The maximum atomic E-state index is 12.6. The second-order valence-corrected chi connectivity index (χ2v) is 9.71. The van der Waals surface area contributed by atoms with Crippen LogP contribution in [0.1, 0.15) is 52.4 Å². The molecule has 33 heavy (non-hydrogen) atoms. The maximum Gasteiger partial charge on any atom is 0.196 e. The van der Waals surface area contributed by atoms with E-state index in [1.165, 1.54) is 0 Å². The average molecular weight is 449 g/mol. The van der Waals surface area contributed by atoms with Crippen molar-refractivity contribution in [1.82, 2.24) is 0 Å². The van der Waals surface area contributed by atoms with Gasteiger partial charge in [0.2, 0.25) is 0 Å². The van der Waals surface area contributed by atoms with E-state index in [0.29, 0.717) is 5.92 Å². The zero-order valence-electron chi connectivity index (χ0n) is 18.7. The molecule has 0 bridgehead atoms. The van der Waals surface area contributed by atoms with E-state index in [9.17, 15) is 9.59 Å². The van der Waals surface area contributed by atoms with Crippen LogP contribution in [-0.2, 0) is 6.42 Å². The fourth-order valence-electron chi connectivity index (χ4n) is 4.50. The van der Waals surface area contributed by atoms with Gasteiger partial charge in [0.15, 0.2) is 11.2 Å². The van der Waals surface area contributed by atoms with Crippen LogP contribution in [0.15, 0.2) is 95.8 Å². The van der Waals surface area contributed by atoms with Crippen LogP contribution in [-0.4, -0.2) is 5.78 Å². The first kappa shape index (κ1) is 21.3. The molecule has 5 aromatic rings. The highest BCUT2D eigenvalue weighted by Crippen LogP contribution is 2.29. The molecule has 3 heteroatoms. The van der Waals surface area contributed by atoms with Crippen LogP contribution >= 0.6 is 11.3 Å². The third kappa shape index (κ3) is 3.90. The summed E-state index contributed by atoms with van der Waals surface area (Å²) >= 11 is 1.70. The first-order chi connectivity index (χ1) is 16.0. The maximum absolute atomic E-state index is 12.6. The van der Waals surface area contributed by atoms with Crippen molar-refractivity contribution in [1.29, 1.82) is 0 Å². The molecule has 0 unspecified atom stereocenters. The summed E-state index contributed by atoms with van der Waals surface area (Å²) in [4.78, 5) is 24.7. The Hall–Kier alpha value is -3.56. The smallest absolute Gasteiger partial charge is 0.196 e. The standard InChI is InChI=1S/C16H14OS.C14H10O/c1-10(2)11-7-5-9-14-15(11)16(17)12-6-3-4-8-13(12)18-14;15-14-12-7-3-1-5-10(12)9-11-6-2-4-8-13(11)14/h3-10H,1-2H3;1-8H,9H2. The van der Waals surface area contributed by atoms with E-state index in [4.69, 9.17) is 0 Å². The molecule has 4 aromatic carbocycles. The van der Waals surface area contributed by atoms with Crippen molar-refractivity contribution < 1.29 is 4.79 Å². The normalized spacial score (nSPS) is 12.3. The fraction of sp³-hybridized carbons (Fsp3) is 0.133. The molecule has 0 atom stereocenters. The molecular weight excluding hydrogens is 424 g/mol. The number of rotatable bonds is 1. The molecule has 2 nitrogen and oxygen atoms in total. The summed E-state index contributed by atoms with van der Waals surface area (Å²) in [6.45, 7) is 4.27. The monoisotopic (exact) mass is 448 g/mol. The minimum atomic E-state index is 0.160. The summed E-state index contributed by atoms with van der Waals surface area (Å²) in [6.07, 6.45) is 0.873. The minimum Gasteiger partial charge on any atom is -0.289 e. The molecule has 1 aliphatic rings. The van der Waals surface area contributed by atoms with Gasteiger partial charge in [-0.3, -0.25) is 9.59 Å². The molecule has 0 saturated carbocycles. The first-order valence-corrected chi connectivity index (χ1v) is 12.0. The van der Waals surface area contributed by atoms with E-state index >= 15 is 0 Å². The first-order valence-electron chi connectivity index (χ1n) is 11.2. The third-order valence-corrected chi connectivity index (χ3v) is 7.30. The molecular formula is C30H24O2S. The summed E-state index contributed by atoms with van der Waals surface area (Å²) in [6, 6.07) is 29.7. The molecule has 0 aliphatic heterocycles. The van der Waals surface area contributed by atoms with Crippen molar-refractivity contribution >= 4 is 37.3 Å². The molecule has 0 saturated heterocycles. The Balaban J connectivity index is 0.000000140. The highest BCUT2D eigenvalue weighted by molar-refractivity contribution is 7.24. The zero-order valence-corrected chi connectivity index (χ0v) is 19.5. The summed E-state index contributed by atoms with van der Waals surface area (Å²) < 4.78 is 2.15. The second kappa shape index (κ2) is 8.76. The fourth-order valence-corrected chi connectivity index (χ4v) is 5.61. The van der Waals surface area contributed by atoms with Crippen molar-refractivity contribution in [3.05, 3.63) is 129 Å². The Labute approximate surface area is 197 Å². The van der Waals surface area contributed by atoms with Gasteiger partial charge in [-0.25, -0.2) is 0 Å². The minimum absolute atomic E-state index is 0.160. The van der Waals surface area contributed by atoms with Gasteiger partial charge in [0, 0.05) is 31.3 Å². The number of carbonyl (C=O) groups is 1. The summed E-state index contributed by atoms with van der Waals surface area (Å²) in [7, 11) is 0. The zero-order chi connectivity index (χ0) is 22.9. The molecule has 0 spiro atoms. The van der Waals surface area contributed by atoms with Crippen molar-refractivity contribution in [3.8, 4) is 0 Å². The Bertz CT molecular complexity index is 1510. The largest absolute Gasteiger partial charge is 0.289 e. The lowest BCUT2D eigenvalue weighted by molar-refractivity contribution is 0.103. The van der Waals surface area contributed by atoms with Gasteiger partial charge < -0.3 is 0 Å². The Kier molecular flexibility index (Phi) is 5.65. The summed E-state index contributed by atoms with van der Waals surface area (Å²) in [5, 5.41) is 1.74. The van der Waals surface area contributed by atoms with Gasteiger partial charge in [-0.05, 0) is 47.2 Å². The molecule has 0 radical (unpaired) electrons. The van der Waals surface area contributed by atoms with Crippen LogP contribution < -0.4 is 5.43 Å². The van der Waals surface area contributed by atoms with Crippen molar-refractivity contribution in [2.24, 2.45) is 0 Å². The molecule has 1 aliphatic carbocycles. The molecule has 1 aromatic heterocycles. The number of hydrogen-bond donors (Lipinski definition) is 0. The topological polar surface area (TPSA) is 34.1 Å². The number of benzene rings is 4. The lowest BCUT2D eigenvalue weighted by atomic mass is 9.85. The molecule has 0 N–H and O–H groups in total. The molecule has 6 rings (SSSR count). The highest BCUT2D eigenvalue weighted by atomic mass is 32.1. The van der Waals surface area contributed by atoms with Crippen LogP contribution in [0.25, 0.3) is 20.2 Å². The van der Waals surface area contributed by atoms with Gasteiger partial charge in [-0.2, -0.15) is 0 Å². The van der Waals surface area contributed by atoms with Gasteiger partial charge in [0.1, 0.15) is 0 Å². The van der Waals surface area contributed by atoms with Gasteiger partial charge in [0.25, 0.3) is 0 Å². The molecule has 0 fully saturated rings. The van der Waals surface area contributed by atoms with Crippen molar-refractivity contribution in [2.75, 3.05) is 0 Å². The van der Waals surface area contributed by atoms with Gasteiger partial charge in [0.05, 0.1) is 0 Å². The van der Waals surface area contributed by atoms with Crippen molar-refractivity contribution in [2.45, 2.75) is 26.2 Å². The molecule has 1 heterocycles. The summed E-state index contributed by atoms with van der Waals surface area (Å²) in [5.41, 5.74) is 5.32. The van der Waals surface area contributed by atoms with E-state index in [2.05, 4.69) is 19.9 Å². The average Bonchev–Trinajstić information content (AvgIpc) is 2.84. The lowest BCUT2D eigenvalue weighted by Crippen LogP contribution is -2.14. The van der Waals surface area contributed by atoms with Gasteiger partial charge >= 0.3 is 0 Å². The van der Waals surface area contributed by atoms with Crippen LogP contribution in [0.5, 0.6) is 0 Å². The Morgan fingerprint density at radius 3 is 1.91 bits per heavy atom. The van der Waals surface area contributed by atoms with E-state index in [0.717, 1.165) is 54.4 Å². The van der Waals surface area contributed by atoms with Crippen LogP contribution in [0.3, 0.4) is 0 Å². The van der Waals surface area contributed by atoms with Crippen LogP contribution in [0.4, 0.5) is 0 Å². The number of carbonyl (C=O) groups excluding carboxylic acids is 1. The Morgan fingerprint density at radius 2 is 1.24 bits per heavy atom. The predicted molar refractivity (Wildman–Crippen MR) is 139 cm³/mol. The van der Waals surface area contributed by atoms with E-state index < -0.39 is 0 Å². The van der Waals surface area contributed by atoms with Crippen LogP contribution in [0.2, 0.25) is 0 Å². The van der Waals surface area contributed by atoms with Gasteiger partial charge in [-0.15, -0.1) is 11.3 Å². The lowest BCUT2D eigenvalue weighted by Gasteiger charge is -2.17. The van der Waals surface area contributed by atoms with E-state index in [-0.39, 0.29) is 11.2 Å². The highest BCUT2D eigenvalue weighted by Gasteiger charge is 2.21. The van der Waals surface area contributed by atoms with E-state index in [1.54, 1.807) is 11.3 Å². The SMILES string of the molecule is CC(C)c1cccc2sc3ccccc3c(=O)c12.O=C1c2ccccc2Cc2ccccc21. The third-order valence-electron chi connectivity index (χ3n) is 6.16. The number of fused-ring (bicyclic) bond motifs is 4. The van der Waals surface area contributed by atoms with E-state index in [1.807, 2.05) is 84.9 Å². The number of ketones is 1. The second-order valence-electron chi connectivity index (χ2n) is 8.62. The quantitative estimate of drug-likeness (QED) is 0.246. The number of hydrogen-bond acceptors (Lipinski definition) is 3. The predicted octanol–water partition coefficient (Wildman–Crippen LogP) is 7.36. The molecule has 162 valence electrons. The van der Waals surface area contributed by atoms with Gasteiger partial charge in [-0.1, -0.05) is 86.6 Å². The van der Waals surface area contributed by atoms with Crippen molar-refractivity contribution in [3.63, 3.8) is 0 Å². The summed E-state index contributed by atoms with van der Waals surface area (Å²) in [5.74, 6) is 0.530. The van der Waals surface area contributed by atoms with Crippen LogP contribution in [0, 0.1) is 0 Å². The molecule has 0 amide bonds. The Morgan fingerprint density at radius 1 is 0.667 bits per heavy atom.